The zero-order valence-electron chi connectivity index (χ0n) is 12.1. The van der Waals surface area contributed by atoms with E-state index in [1.54, 1.807) is 7.11 Å². The number of methoxy groups -OCH3 is 1. The predicted molar refractivity (Wildman–Crippen MR) is 86.8 cm³/mol. The van der Waals surface area contributed by atoms with Gasteiger partial charge in [0.15, 0.2) is 0 Å². The van der Waals surface area contributed by atoms with E-state index in [0.717, 1.165) is 28.5 Å². The third kappa shape index (κ3) is 4.72. The Balaban J connectivity index is 1.99. The second-order valence-corrected chi connectivity index (χ2v) is 5.24. The van der Waals surface area contributed by atoms with Gasteiger partial charge < -0.3 is 15.2 Å². The first kappa shape index (κ1) is 15.3. The average Bonchev–Trinajstić information content (AvgIpc) is 2.45. The molecule has 5 heteroatoms. The molecule has 0 atom stereocenters. The van der Waals surface area contributed by atoms with E-state index in [-0.39, 0.29) is 0 Å². The number of rotatable bonds is 6. The summed E-state index contributed by atoms with van der Waals surface area (Å²) < 4.78 is 10.9. The Morgan fingerprint density at radius 3 is 2.52 bits per heavy atom. The molecule has 0 aliphatic rings. The molecule has 21 heavy (non-hydrogen) atoms. The fraction of sp³-hybridized carbons (Fsp3) is 0.250. The lowest BCUT2D eigenvalue weighted by atomic mass is 10.1. The van der Waals surface area contributed by atoms with Gasteiger partial charge in [-0.05, 0) is 24.6 Å². The van der Waals surface area contributed by atoms with Gasteiger partial charge in [-0.1, -0.05) is 24.4 Å². The second-order valence-electron chi connectivity index (χ2n) is 4.72. The van der Waals surface area contributed by atoms with Crippen molar-refractivity contribution >= 4 is 17.2 Å². The van der Waals surface area contributed by atoms with Crippen LogP contribution in [0.5, 0.6) is 11.5 Å². The summed E-state index contributed by atoms with van der Waals surface area (Å²) in [5, 5.41) is 0. The molecule has 1 heterocycles. The molecule has 2 aromatic rings. The van der Waals surface area contributed by atoms with Gasteiger partial charge >= 0.3 is 0 Å². The molecule has 0 spiro atoms. The highest BCUT2D eigenvalue weighted by molar-refractivity contribution is 7.80. The molecule has 0 amide bonds. The predicted octanol–water partition coefficient (Wildman–Crippen LogP) is 2.81. The third-order valence-electron chi connectivity index (χ3n) is 2.90. The van der Waals surface area contributed by atoms with E-state index in [0.29, 0.717) is 18.0 Å². The van der Waals surface area contributed by atoms with Crippen LogP contribution in [0.15, 0.2) is 36.4 Å². The highest BCUT2D eigenvalue weighted by atomic mass is 32.1. The SMILES string of the molecule is COc1cc(C)nc(COc2ccc(CC(N)=S)cc2)c1. The summed E-state index contributed by atoms with van der Waals surface area (Å²) in [7, 11) is 1.64. The van der Waals surface area contributed by atoms with Crippen LogP contribution in [-0.4, -0.2) is 17.1 Å². The number of hydrogen-bond donors (Lipinski definition) is 1. The van der Waals surface area contributed by atoms with Crippen molar-refractivity contribution in [2.24, 2.45) is 5.73 Å². The Morgan fingerprint density at radius 2 is 1.90 bits per heavy atom. The maximum Gasteiger partial charge on any atom is 0.130 e. The van der Waals surface area contributed by atoms with Crippen molar-refractivity contribution in [3.8, 4) is 11.5 Å². The van der Waals surface area contributed by atoms with Gasteiger partial charge in [0.05, 0.1) is 17.8 Å². The topological polar surface area (TPSA) is 57.4 Å². The van der Waals surface area contributed by atoms with E-state index in [2.05, 4.69) is 4.98 Å². The number of aromatic nitrogens is 1. The zero-order chi connectivity index (χ0) is 15.2. The molecule has 0 saturated carbocycles. The summed E-state index contributed by atoms with van der Waals surface area (Å²) in [6.07, 6.45) is 0.603. The van der Waals surface area contributed by atoms with Crippen LogP contribution in [0.2, 0.25) is 0 Å². The number of thiocarbonyl (C=S) groups is 1. The molecule has 0 fully saturated rings. The number of nitrogens with zero attached hydrogens (tertiary/aromatic N) is 1. The number of aryl methyl sites for hydroxylation is 1. The Labute approximate surface area is 129 Å². The van der Waals surface area contributed by atoms with Gasteiger partial charge in [-0.25, -0.2) is 0 Å². The van der Waals surface area contributed by atoms with Crippen molar-refractivity contribution in [1.29, 1.82) is 0 Å². The Bertz CT molecular complexity index is 627. The van der Waals surface area contributed by atoms with Gasteiger partial charge in [-0.2, -0.15) is 0 Å². The quantitative estimate of drug-likeness (QED) is 0.832. The molecule has 1 aromatic carbocycles. The summed E-state index contributed by atoms with van der Waals surface area (Å²) in [6.45, 7) is 2.32. The molecule has 4 nitrogen and oxygen atoms in total. The number of hydrogen-bond acceptors (Lipinski definition) is 4. The first-order valence-corrected chi connectivity index (χ1v) is 6.99. The molecule has 110 valence electrons. The summed E-state index contributed by atoms with van der Waals surface area (Å²) >= 11 is 4.89. The number of ether oxygens (including phenoxy) is 2. The van der Waals surface area contributed by atoms with Crippen LogP contribution in [0.25, 0.3) is 0 Å². The molecule has 0 bridgehead atoms. The lowest BCUT2D eigenvalue weighted by Crippen LogP contribution is -2.10. The van der Waals surface area contributed by atoms with Crippen LogP contribution in [0.4, 0.5) is 0 Å². The molecule has 0 unspecified atom stereocenters. The van der Waals surface area contributed by atoms with Gasteiger partial charge in [0.1, 0.15) is 18.1 Å². The fourth-order valence-corrected chi connectivity index (χ4v) is 2.12. The van der Waals surface area contributed by atoms with Crippen molar-refractivity contribution in [2.75, 3.05) is 7.11 Å². The molecule has 0 radical (unpaired) electrons. The third-order valence-corrected chi connectivity index (χ3v) is 3.05. The van der Waals surface area contributed by atoms with E-state index in [1.165, 1.54) is 0 Å². The van der Waals surface area contributed by atoms with E-state index in [4.69, 9.17) is 27.4 Å². The van der Waals surface area contributed by atoms with E-state index in [9.17, 15) is 0 Å². The normalized spacial score (nSPS) is 10.2. The van der Waals surface area contributed by atoms with Gasteiger partial charge in [0, 0.05) is 24.2 Å². The van der Waals surface area contributed by atoms with Crippen molar-refractivity contribution in [2.45, 2.75) is 20.0 Å². The molecule has 1 aromatic heterocycles. The van der Waals surface area contributed by atoms with Crippen molar-refractivity contribution in [1.82, 2.24) is 4.98 Å². The molecule has 0 saturated heterocycles. The zero-order valence-corrected chi connectivity index (χ0v) is 12.9. The number of pyridine rings is 1. The Hall–Kier alpha value is -2.14. The standard InChI is InChI=1S/C16H18N2O2S/c1-11-7-15(19-2)9-13(18-11)10-20-14-5-3-12(4-6-14)8-16(17)21/h3-7,9H,8,10H2,1-2H3,(H2,17,21). The van der Waals surface area contributed by atoms with Crippen LogP contribution in [-0.2, 0) is 13.0 Å². The van der Waals surface area contributed by atoms with Crippen LogP contribution in [0, 0.1) is 6.92 Å². The highest BCUT2D eigenvalue weighted by Gasteiger charge is 2.02. The maximum absolute atomic E-state index is 5.72. The summed E-state index contributed by atoms with van der Waals surface area (Å²) in [5.41, 5.74) is 8.33. The first-order chi connectivity index (χ1) is 10.1. The van der Waals surface area contributed by atoms with Crippen molar-refractivity contribution in [3.63, 3.8) is 0 Å². The molecular formula is C16H18N2O2S. The molecular weight excluding hydrogens is 284 g/mol. The lowest BCUT2D eigenvalue weighted by Gasteiger charge is -2.09. The average molecular weight is 302 g/mol. The van der Waals surface area contributed by atoms with Gasteiger partial charge in [0.25, 0.3) is 0 Å². The Kier molecular flexibility index (Phi) is 5.11. The molecule has 2 rings (SSSR count). The number of nitrogens with two attached hydrogens (primary N) is 1. The fourth-order valence-electron chi connectivity index (χ4n) is 1.96. The summed E-state index contributed by atoms with van der Waals surface area (Å²) in [6, 6.07) is 11.5. The minimum atomic E-state index is 0.396. The summed E-state index contributed by atoms with van der Waals surface area (Å²) in [4.78, 5) is 4.90. The van der Waals surface area contributed by atoms with E-state index < -0.39 is 0 Å². The lowest BCUT2D eigenvalue weighted by molar-refractivity contribution is 0.300. The van der Waals surface area contributed by atoms with Crippen LogP contribution in [0.3, 0.4) is 0 Å². The molecule has 0 aliphatic heterocycles. The number of benzene rings is 1. The van der Waals surface area contributed by atoms with E-state index >= 15 is 0 Å². The molecule has 0 aliphatic carbocycles. The minimum absolute atomic E-state index is 0.396. The van der Waals surface area contributed by atoms with Crippen LogP contribution >= 0.6 is 12.2 Å². The summed E-state index contributed by atoms with van der Waals surface area (Å²) in [5.74, 6) is 1.57. The maximum atomic E-state index is 5.72. The van der Waals surface area contributed by atoms with Gasteiger partial charge in [-0.3, -0.25) is 4.98 Å². The van der Waals surface area contributed by atoms with Gasteiger partial charge in [0.2, 0.25) is 0 Å². The monoisotopic (exact) mass is 302 g/mol. The van der Waals surface area contributed by atoms with Crippen LogP contribution in [0.1, 0.15) is 17.0 Å². The van der Waals surface area contributed by atoms with Crippen LogP contribution < -0.4 is 15.2 Å². The van der Waals surface area contributed by atoms with Gasteiger partial charge in [-0.15, -0.1) is 0 Å². The van der Waals surface area contributed by atoms with E-state index in [1.807, 2.05) is 43.3 Å². The Morgan fingerprint density at radius 1 is 1.19 bits per heavy atom. The minimum Gasteiger partial charge on any atom is -0.497 e. The largest absolute Gasteiger partial charge is 0.497 e. The van der Waals surface area contributed by atoms with Crippen molar-refractivity contribution < 1.29 is 9.47 Å². The van der Waals surface area contributed by atoms with Crippen molar-refractivity contribution in [3.05, 3.63) is 53.3 Å². The highest BCUT2D eigenvalue weighted by Crippen LogP contribution is 2.17. The molecule has 2 N–H and O–H groups in total. The first-order valence-electron chi connectivity index (χ1n) is 6.58. The smallest absolute Gasteiger partial charge is 0.130 e. The second kappa shape index (κ2) is 7.04.